The van der Waals surface area contributed by atoms with Gasteiger partial charge in [0.25, 0.3) is 0 Å². The third-order valence-corrected chi connectivity index (χ3v) is 14.8. The summed E-state index contributed by atoms with van der Waals surface area (Å²) in [5.74, 6) is 0. The molecule has 0 amide bonds. The number of hydrogen-bond acceptors (Lipinski definition) is 2. The zero-order valence-electron chi connectivity index (χ0n) is 38.5. The minimum Gasteiger partial charge on any atom is -0.123 e. The molecular formula is C59H62S2. The first-order chi connectivity index (χ1) is 29.1. The van der Waals surface area contributed by atoms with Gasteiger partial charge in [-0.3, -0.25) is 0 Å². The highest BCUT2D eigenvalue weighted by Crippen LogP contribution is 2.46. The predicted molar refractivity (Wildman–Crippen MR) is 272 cm³/mol. The fourth-order valence-electron chi connectivity index (χ4n) is 9.57. The van der Waals surface area contributed by atoms with Gasteiger partial charge in [0.15, 0.2) is 0 Å². The van der Waals surface area contributed by atoms with Gasteiger partial charge in [-0.2, -0.15) is 0 Å². The number of benzene rings is 7. The molecule has 0 saturated heterocycles. The summed E-state index contributed by atoms with van der Waals surface area (Å²) in [6.07, 6.45) is 3.73. The molecule has 7 rings (SSSR count). The van der Waals surface area contributed by atoms with E-state index in [1.165, 1.54) is 122 Å². The molecule has 310 valence electrons. The van der Waals surface area contributed by atoms with Gasteiger partial charge in [0, 0.05) is 9.13 Å². The lowest BCUT2D eigenvalue weighted by atomic mass is 9.79. The van der Waals surface area contributed by atoms with E-state index in [-0.39, 0.29) is 5.41 Å². The molecule has 0 saturated carbocycles. The highest BCUT2D eigenvalue weighted by Gasteiger charge is 2.26. The van der Waals surface area contributed by atoms with Gasteiger partial charge in [-0.15, -0.1) is 11.8 Å². The van der Waals surface area contributed by atoms with Gasteiger partial charge in [0.05, 0.1) is 0 Å². The summed E-state index contributed by atoms with van der Waals surface area (Å²) in [5, 5.41) is 0. The van der Waals surface area contributed by atoms with Crippen LogP contribution in [0.2, 0.25) is 0 Å². The van der Waals surface area contributed by atoms with E-state index < -0.39 is 0 Å². The van der Waals surface area contributed by atoms with Crippen LogP contribution in [0.3, 0.4) is 0 Å². The molecular weight excluding hydrogens is 773 g/mol. The van der Waals surface area contributed by atoms with Gasteiger partial charge in [-0.1, -0.05) is 160 Å². The normalized spacial score (nSPS) is 11.6. The van der Waals surface area contributed by atoms with Gasteiger partial charge < -0.3 is 0 Å². The Balaban J connectivity index is 1.57. The van der Waals surface area contributed by atoms with E-state index in [0.717, 1.165) is 17.1 Å². The highest BCUT2D eigenvalue weighted by molar-refractivity contribution is 8.22. The summed E-state index contributed by atoms with van der Waals surface area (Å²) in [5.41, 5.74) is 27.8. The number of thioether (sulfide) groups is 2. The van der Waals surface area contributed by atoms with Crippen molar-refractivity contribution in [3.63, 3.8) is 0 Å². The lowest BCUT2D eigenvalue weighted by Crippen LogP contribution is -2.14. The van der Waals surface area contributed by atoms with Crippen molar-refractivity contribution in [2.45, 2.75) is 99.3 Å². The van der Waals surface area contributed by atoms with Crippen LogP contribution >= 0.6 is 23.5 Å². The molecule has 0 aromatic heterocycles. The van der Waals surface area contributed by atoms with Crippen molar-refractivity contribution in [3.8, 4) is 44.5 Å². The molecule has 0 aliphatic rings. The van der Waals surface area contributed by atoms with Crippen molar-refractivity contribution in [3.05, 3.63) is 204 Å². The molecule has 7 aromatic rings. The standard InChI is InChI=1S/C59H62S2/c1-36-20-14-21-37(2)54(36)48-28-18-29-49(55-38(3)22-15-23-39(55)4)52(48)34-45-32-47(59(10,11)12)33-46(58(45)61-44(9)60-13)35-53-50(56-40(5)24-16-25-41(56)6)30-19-31-51(53)57-42(7)26-17-27-43(57)8/h14-33H,9,34-35H2,1-8,10-13H3. The van der Waals surface area contributed by atoms with Crippen LogP contribution in [0.25, 0.3) is 44.5 Å². The number of hydrogen-bond donors (Lipinski definition) is 0. The molecule has 0 fully saturated rings. The highest BCUT2D eigenvalue weighted by atomic mass is 32.2. The van der Waals surface area contributed by atoms with Crippen molar-refractivity contribution in [1.29, 1.82) is 0 Å². The first-order valence-electron chi connectivity index (χ1n) is 21.7. The maximum absolute atomic E-state index is 4.62. The summed E-state index contributed by atoms with van der Waals surface area (Å²) < 4.78 is 1.10. The SMILES string of the molecule is C=C(SC)Sc1c(Cc2c(-c3c(C)cccc3C)cccc2-c2c(C)cccc2C)cc(C(C)(C)C)cc1Cc1c(-c2c(C)cccc2C)cccc1-c1c(C)cccc1C. The molecule has 61 heavy (non-hydrogen) atoms. The zero-order valence-corrected chi connectivity index (χ0v) is 40.1. The van der Waals surface area contributed by atoms with Gasteiger partial charge in [0.2, 0.25) is 0 Å². The molecule has 0 nitrogen and oxygen atoms in total. The van der Waals surface area contributed by atoms with E-state index in [0.29, 0.717) is 0 Å². The van der Waals surface area contributed by atoms with E-state index >= 15 is 0 Å². The Morgan fingerprint density at radius 3 is 0.951 bits per heavy atom. The van der Waals surface area contributed by atoms with Gasteiger partial charge >= 0.3 is 0 Å². The molecule has 0 unspecified atom stereocenters. The molecule has 0 aliphatic heterocycles. The molecule has 0 spiro atoms. The van der Waals surface area contributed by atoms with Crippen LogP contribution in [0.4, 0.5) is 0 Å². The minimum atomic E-state index is -0.0771. The smallest absolute Gasteiger partial charge is 0.0375 e. The summed E-state index contributed by atoms with van der Waals surface area (Å²) >= 11 is 3.60. The minimum absolute atomic E-state index is 0.0771. The summed E-state index contributed by atoms with van der Waals surface area (Å²) in [6.45, 7) is 29.8. The molecule has 0 aliphatic carbocycles. The van der Waals surface area contributed by atoms with Crippen LogP contribution in [-0.4, -0.2) is 6.26 Å². The first-order valence-corrected chi connectivity index (χ1v) is 23.7. The fourth-order valence-corrected chi connectivity index (χ4v) is 10.9. The third kappa shape index (κ3) is 9.00. The molecule has 2 heteroatoms. The third-order valence-electron chi connectivity index (χ3n) is 12.6. The van der Waals surface area contributed by atoms with Crippen LogP contribution < -0.4 is 0 Å². The molecule has 0 heterocycles. The van der Waals surface area contributed by atoms with Crippen molar-refractivity contribution >= 4 is 23.5 Å². The van der Waals surface area contributed by atoms with Crippen LogP contribution in [-0.2, 0) is 18.3 Å². The van der Waals surface area contributed by atoms with E-state index in [1.807, 2.05) is 11.8 Å². The van der Waals surface area contributed by atoms with Gasteiger partial charge in [-0.05, 0) is 197 Å². The summed E-state index contributed by atoms with van der Waals surface area (Å²) in [6, 6.07) is 45.9. The van der Waals surface area contributed by atoms with E-state index in [4.69, 9.17) is 0 Å². The number of rotatable bonds is 11. The summed E-state index contributed by atoms with van der Waals surface area (Å²) in [7, 11) is 0. The molecule has 0 radical (unpaired) electrons. The van der Waals surface area contributed by atoms with E-state index in [9.17, 15) is 0 Å². The zero-order chi connectivity index (χ0) is 43.7. The maximum atomic E-state index is 4.62. The Kier molecular flexibility index (Phi) is 13.1. The average molecular weight is 835 g/mol. The molecule has 0 N–H and O–H groups in total. The Labute approximate surface area is 376 Å². The maximum Gasteiger partial charge on any atom is 0.0375 e. The van der Waals surface area contributed by atoms with Crippen LogP contribution in [0.5, 0.6) is 0 Å². The average Bonchev–Trinajstić information content (AvgIpc) is 3.20. The Morgan fingerprint density at radius 2 is 0.705 bits per heavy atom. The largest absolute Gasteiger partial charge is 0.123 e. The first kappa shape index (κ1) is 44.0. The van der Waals surface area contributed by atoms with E-state index in [1.54, 1.807) is 11.8 Å². The Hall–Kier alpha value is -5.02. The van der Waals surface area contributed by atoms with Crippen molar-refractivity contribution in [2.75, 3.05) is 6.26 Å². The lowest BCUT2D eigenvalue weighted by Gasteiger charge is -2.27. The molecule has 0 bridgehead atoms. The number of aryl methyl sites for hydroxylation is 8. The quantitative estimate of drug-likeness (QED) is 0.119. The topological polar surface area (TPSA) is 0 Å². The van der Waals surface area contributed by atoms with Crippen LogP contribution in [0, 0.1) is 55.4 Å². The van der Waals surface area contributed by atoms with E-state index in [2.05, 4.69) is 210 Å². The lowest BCUT2D eigenvalue weighted by molar-refractivity contribution is 0.587. The van der Waals surface area contributed by atoms with Gasteiger partial charge in [-0.25, -0.2) is 0 Å². The van der Waals surface area contributed by atoms with Crippen molar-refractivity contribution in [2.24, 2.45) is 0 Å². The Morgan fingerprint density at radius 1 is 0.443 bits per heavy atom. The molecule has 7 aromatic carbocycles. The molecule has 0 atom stereocenters. The van der Waals surface area contributed by atoms with Crippen LogP contribution in [0.15, 0.2) is 137 Å². The summed E-state index contributed by atoms with van der Waals surface area (Å²) in [4.78, 5) is 1.32. The Bertz CT molecular complexity index is 2400. The fraction of sp³-hybridized carbons (Fsp3) is 0.254. The second-order valence-electron chi connectivity index (χ2n) is 18.1. The van der Waals surface area contributed by atoms with Crippen LogP contribution in [0.1, 0.15) is 93.1 Å². The monoisotopic (exact) mass is 834 g/mol. The van der Waals surface area contributed by atoms with Gasteiger partial charge in [0.1, 0.15) is 0 Å². The second kappa shape index (κ2) is 18.1. The second-order valence-corrected chi connectivity index (χ2v) is 20.4. The van der Waals surface area contributed by atoms with Crippen molar-refractivity contribution < 1.29 is 0 Å². The predicted octanol–water partition coefficient (Wildman–Crippen LogP) is 17.2. The van der Waals surface area contributed by atoms with Crippen molar-refractivity contribution in [1.82, 2.24) is 0 Å².